The van der Waals surface area contributed by atoms with Crippen molar-refractivity contribution in [3.05, 3.63) is 70.0 Å². The fourth-order valence-corrected chi connectivity index (χ4v) is 4.53. The molecule has 1 aromatic carbocycles. The number of aromatic amines is 1. The Morgan fingerprint density at radius 2 is 1.82 bits per heavy atom. The Kier molecular flexibility index (Phi) is 7.26. The van der Waals surface area contributed by atoms with E-state index in [1.54, 1.807) is 0 Å². The molecule has 0 aromatic heterocycles. The molecule has 1 saturated heterocycles. The molecule has 1 aliphatic carbocycles. The van der Waals surface area contributed by atoms with E-state index in [-0.39, 0.29) is 5.56 Å². The fraction of sp³-hybridized carbons (Fsp3) is 0.407. The summed E-state index contributed by atoms with van der Waals surface area (Å²) in [6.07, 6.45) is 1.21. The molecule has 1 N–H and O–H groups in total. The second-order valence-electron chi connectivity index (χ2n) is 9.22. The lowest BCUT2D eigenvalue weighted by Crippen LogP contribution is -2.46. The third-order valence-electron chi connectivity index (χ3n) is 6.44. The largest absolute Gasteiger partial charge is 0.369 e. The number of rotatable bonds is 7. The van der Waals surface area contributed by atoms with Gasteiger partial charge in [-0.1, -0.05) is 30.3 Å². The second kappa shape index (κ2) is 10.3. The number of benzene rings is 1. The van der Waals surface area contributed by atoms with Gasteiger partial charge in [-0.05, 0) is 71.2 Å². The van der Waals surface area contributed by atoms with Crippen LogP contribution in [0, 0.1) is 6.92 Å². The van der Waals surface area contributed by atoms with E-state index in [2.05, 4.69) is 58.9 Å². The van der Waals surface area contributed by atoms with Crippen LogP contribution in [0.5, 0.6) is 0 Å². The predicted octanol–water partition coefficient (Wildman–Crippen LogP) is 4.00. The number of hydrogen-bond acceptors (Lipinski definition) is 5. The quantitative estimate of drug-likeness (QED) is 0.559. The third-order valence-corrected chi connectivity index (χ3v) is 6.44. The Hall–Kier alpha value is -2.96. The first-order valence-electron chi connectivity index (χ1n) is 11.8. The highest BCUT2D eigenvalue weighted by atomic mass is 16.1. The second-order valence-corrected chi connectivity index (χ2v) is 9.22. The van der Waals surface area contributed by atoms with Gasteiger partial charge < -0.3 is 14.8 Å². The van der Waals surface area contributed by atoms with Crippen molar-refractivity contribution in [1.82, 2.24) is 14.8 Å². The summed E-state index contributed by atoms with van der Waals surface area (Å²) in [6.45, 7) is 10.5. The van der Waals surface area contributed by atoms with E-state index in [1.165, 1.54) is 12.1 Å². The number of H-pyrrole nitrogens is 1. The summed E-state index contributed by atoms with van der Waals surface area (Å²) in [5.74, 6) is 0. The van der Waals surface area contributed by atoms with Crippen LogP contribution < -0.4 is 10.5 Å². The predicted molar refractivity (Wildman–Crippen MR) is 139 cm³/mol. The minimum Gasteiger partial charge on any atom is -0.369 e. The summed E-state index contributed by atoms with van der Waals surface area (Å²) >= 11 is 0. The minimum absolute atomic E-state index is 0.0864. The van der Waals surface area contributed by atoms with Gasteiger partial charge in [-0.2, -0.15) is 0 Å². The summed E-state index contributed by atoms with van der Waals surface area (Å²) in [5, 5.41) is 0. The fourth-order valence-electron chi connectivity index (χ4n) is 4.53. The number of aryl methyl sites for hydroxylation is 1. The van der Waals surface area contributed by atoms with E-state index in [9.17, 15) is 4.79 Å². The zero-order valence-corrected chi connectivity index (χ0v) is 20.3. The molecule has 6 nitrogen and oxygen atoms in total. The highest BCUT2D eigenvalue weighted by Gasteiger charge is 2.19. The van der Waals surface area contributed by atoms with Crippen molar-refractivity contribution in [2.75, 3.05) is 58.3 Å². The molecule has 3 aliphatic rings. The van der Waals surface area contributed by atoms with Crippen LogP contribution in [0.1, 0.15) is 24.5 Å². The number of anilines is 1. The maximum atomic E-state index is 12.7. The maximum Gasteiger partial charge on any atom is 0.258 e. The van der Waals surface area contributed by atoms with E-state index >= 15 is 0 Å². The number of piperazine rings is 1. The third kappa shape index (κ3) is 5.52. The normalized spacial score (nSPS) is 15.5. The van der Waals surface area contributed by atoms with Gasteiger partial charge in [-0.3, -0.25) is 14.7 Å². The lowest BCUT2D eigenvalue weighted by molar-refractivity contribution is 0.242. The molecule has 1 aromatic rings. The molecule has 2 aliphatic heterocycles. The van der Waals surface area contributed by atoms with Crippen LogP contribution in [0.4, 0.5) is 11.4 Å². The molecule has 4 rings (SSSR count). The van der Waals surface area contributed by atoms with Crippen LogP contribution >= 0.6 is 0 Å². The topological polar surface area (TPSA) is 54.9 Å². The van der Waals surface area contributed by atoms with Crippen LogP contribution in [-0.4, -0.2) is 73.9 Å². The molecule has 0 bridgehead atoms. The first-order chi connectivity index (χ1) is 15.9. The summed E-state index contributed by atoms with van der Waals surface area (Å²) in [5.41, 5.74) is 6.28. The molecule has 33 heavy (non-hydrogen) atoms. The molecule has 0 amide bonds. The number of hydrogen-bond donors (Lipinski definition) is 1. The number of nitrogens with zero attached hydrogens (tertiary/aromatic N) is 4. The Morgan fingerprint density at radius 1 is 1.06 bits per heavy atom. The first kappa shape index (κ1) is 23.2. The molecule has 2 heterocycles. The van der Waals surface area contributed by atoms with Crippen LogP contribution in [0.2, 0.25) is 0 Å². The number of nitrogens with one attached hydrogen (secondary N) is 1. The van der Waals surface area contributed by atoms with Crippen LogP contribution in [0.15, 0.2) is 58.3 Å². The average Bonchev–Trinajstić information content (AvgIpc) is 2.94. The van der Waals surface area contributed by atoms with E-state index < -0.39 is 0 Å². The van der Waals surface area contributed by atoms with Crippen molar-refractivity contribution in [2.24, 2.45) is 4.99 Å². The number of fused-ring (bicyclic) bond motifs is 1. The summed E-state index contributed by atoms with van der Waals surface area (Å²) in [6, 6.07) is 16.3. The Balaban J connectivity index is 1.51. The molecule has 0 radical (unpaired) electrons. The van der Waals surface area contributed by atoms with E-state index in [1.807, 2.05) is 37.3 Å². The van der Waals surface area contributed by atoms with Gasteiger partial charge in [0.25, 0.3) is 5.56 Å². The first-order valence-corrected chi connectivity index (χ1v) is 11.8. The smallest absolute Gasteiger partial charge is 0.258 e. The van der Waals surface area contributed by atoms with E-state index in [4.69, 9.17) is 4.99 Å². The van der Waals surface area contributed by atoms with Gasteiger partial charge in [-0.25, -0.2) is 0 Å². The summed E-state index contributed by atoms with van der Waals surface area (Å²) in [7, 11) is 4.26. The number of aromatic nitrogens is 1. The van der Waals surface area contributed by atoms with E-state index in [0.29, 0.717) is 5.56 Å². The van der Waals surface area contributed by atoms with Gasteiger partial charge in [0.15, 0.2) is 0 Å². The molecule has 0 atom stereocenters. The van der Waals surface area contributed by atoms with Crippen LogP contribution in [-0.2, 0) is 0 Å². The molecular formula is C27H35N5O. The molecule has 6 heteroatoms. The molecular weight excluding hydrogens is 410 g/mol. The highest BCUT2D eigenvalue weighted by Crippen LogP contribution is 2.28. The average molecular weight is 446 g/mol. The highest BCUT2D eigenvalue weighted by molar-refractivity contribution is 6.05. The lowest BCUT2D eigenvalue weighted by atomic mass is 10.1. The molecule has 174 valence electrons. The lowest BCUT2D eigenvalue weighted by Gasteiger charge is -2.36. The van der Waals surface area contributed by atoms with Crippen molar-refractivity contribution < 1.29 is 0 Å². The van der Waals surface area contributed by atoms with Crippen molar-refractivity contribution in [3.8, 4) is 11.3 Å². The van der Waals surface area contributed by atoms with Crippen molar-refractivity contribution in [2.45, 2.75) is 20.3 Å². The number of aliphatic imine (C=N–C) groups is 1. The Labute approximate surface area is 196 Å². The van der Waals surface area contributed by atoms with Crippen molar-refractivity contribution in [1.29, 1.82) is 0 Å². The van der Waals surface area contributed by atoms with Crippen molar-refractivity contribution in [3.63, 3.8) is 0 Å². The zero-order valence-electron chi connectivity index (χ0n) is 20.3. The summed E-state index contributed by atoms with van der Waals surface area (Å²) < 4.78 is 0. The molecule has 0 unspecified atom stereocenters. The van der Waals surface area contributed by atoms with Gasteiger partial charge in [0.2, 0.25) is 0 Å². The van der Waals surface area contributed by atoms with Gasteiger partial charge in [0.1, 0.15) is 0 Å². The molecule has 0 spiro atoms. The van der Waals surface area contributed by atoms with Crippen molar-refractivity contribution >= 4 is 17.1 Å². The molecule has 0 saturated carbocycles. The Bertz CT molecular complexity index is 1140. The minimum atomic E-state index is -0.0864. The molecule has 1 fully saturated rings. The van der Waals surface area contributed by atoms with Crippen LogP contribution in [0.3, 0.4) is 0 Å². The van der Waals surface area contributed by atoms with Gasteiger partial charge in [-0.15, -0.1) is 0 Å². The van der Waals surface area contributed by atoms with Crippen LogP contribution in [0.25, 0.3) is 11.3 Å². The monoisotopic (exact) mass is 445 g/mol. The maximum absolute atomic E-state index is 12.7. The van der Waals surface area contributed by atoms with E-state index in [0.717, 1.165) is 67.5 Å². The Morgan fingerprint density at radius 3 is 2.58 bits per heavy atom. The van der Waals surface area contributed by atoms with Gasteiger partial charge >= 0.3 is 0 Å². The zero-order chi connectivity index (χ0) is 23.4. The van der Waals surface area contributed by atoms with Gasteiger partial charge in [0, 0.05) is 43.1 Å². The SMILES string of the molecule is CC(=Nc1cc(N2CCN(CCCN(C)C)CC2)ccc1C)c1c2cccccc-2[nH]c1=O. The summed E-state index contributed by atoms with van der Waals surface area (Å²) in [4.78, 5) is 27.8. The van der Waals surface area contributed by atoms with Gasteiger partial charge in [0.05, 0.1) is 17.0 Å². The standard InChI is InChI=1S/C27H35N5O/c1-20-11-12-22(32-17-15-31(16-18-32)14-8-13-30(3)4)19-25(20)28-21(2)26-23-9-6-5-7-10-24(23)29-27(26)33/h5-7,9-12,19H,8,13-18H2,1-4H3,(H,29,33).